The van der Waals surface area contributed by atoms with Gasteiger partial charge in [0.2, 0.25) is 0 Å². The Kier molecular flexibility index (Phi) is 9.52. The number of rotatable bonds is 4. The van der Waals surface area contributed by atoms with E-state index in [1.165, 1.54) is 87.0 Å². The largest absolute Gasteiger partial charge is 0.497 e. The van der Waals surface area contributed by atoms with Crippen molar-refractivity contribution in [1.82, 2.24) is 0 Å². The number of nitrogens with zero attached hydrogens (tertiary/aromatic N) is 2. The van der Waals surface area contributed by atoms with Crippen LogP contribution in [-0.4, -0.2) is 54.6 Å². The van der Waals surface area contributed by atoms with Crippen LogP contribution in [0, 0.1) is 0 Å². The zero-order valence-electron chi connectivity index (χ0n) is 23.8. The van der Waals surface area contributed by atoms with Crippen molar-refractivity contribution in [3.63, 3.8) is 0 Å². The fourth-order valence-electron chi connectivity index (χ4n) is 4.88. The van der Waals surface area contributed by atoms with Crippen LogP contribution >= 0.6 is 46.4 Å². The molecule has 10 nitrogen and oxygen atoms in total. The molecule has 4 aromatic carbocycles. The number of halogens is 4. The molecule has 5 rings (SSSR count). The smallest absolute Gasteiger partial charge is 0.262 e. The minimum absolute atomic E-state index is 0.0291. The highest BCUT2D eigenvalue weighted by Gasteiger charge is 2.38. The number of hydrogen-bond donors (Lipinski definition) is 0. The third kappa shape index (κ3) is 6.25. The Morgan fingerprint density at radius 3 is 1.50 bits per heavy atom. The summed E-state index contributed by atoms with van der Waals surface area (Å²) in [5, 5.41) is -0.367. The second kappa shape index (κ2) is 12.9. The van der Waals surface area contributed by atoms with Crippen LogP contribution in [0.5, 0.6) is 11.5 Å². The lowest BCUT2D eigenvalue weighted by molar-refractivity contribution is 0.0982. The van der Waals surface area contributed by atoms with Gasteiger partial charge in [-0.25, -0.2) is 16.8 Å². The number of sulfone groups is 2. The Morgan fingerprint density at radius 2 is 1.07 bits per heavy atom. The van der Waals surface area contributed by atoms with Gasteiger partial charge < -0.3 is 9.47 Å². The van der Waals surface area contributed by atoms with E-state index in [0.717, 1.165) is 9.80 Å². The molecule has 240 valence electrons. The summed E-state index contributed by atoms with van der Waals surface area (Å²) in [7, 11) is -6.31. The summed E-state index contributed by atoms with van der Waals surface area (Å²) >= 11 is 25.3. The average Bonchev–Trinajstić information content (AvgIpc) is 3.01. The number of anilines is 2. The van der Waals surface area contributed by atoms with Gasteiger partial charge in [-0.2, -0.15) is 0 Å². The Hall–Kier alpha value is -3.52. The zero-order chi connectivity index (χ0) is 33.6. The van der Waals surface area contributed by atoms with Gasteiger partial charge >= 0.3 is 0 Å². The molecule has 1 heterocycles. The van der Waals surface area contributed by atoms with Crippen LogP contribution in [0.2, 0.25) is 20.1 Å². The molecule has 46 heavy (non-hydrogen) atoms. The first-order valence-corrected chi connectivity index (χ1v) is 17.8. The van der Waals surface area contributed by atoms with Crippen LogP contribution in [0.3, 0.4) is 0 Å². The standard InChI is InChI=1S/C30H22Cl4N2O8S2/c1-43-18-13-19(31)27(20(32)14-18)30(38)36-16-46(41,42)25-9-5-3-7-23(25)35(15-45(39,40)26-10-6-4-8-24(26)36)29(37)17-11-21(33)28(44-2)22(34)12-17/h3-14H,15-16H2,1-2H3. The van der Waals surface area contributed by atoms with Gasteiger partial charge in [0.15, 0.2) is 25.4 Å². The second-order valence-corrected chi connectivity index (χ2v) is 15.3. The molecule has 0 saturated carbocycles. The van der Waals surface area contributed by atoms with E-state index in [2.05, 4.69) is 0 Å². The molecular weight excluding hydrogens is 722 g/mol. The summed E-state index contributed by atoms with van der Waals surface area (Å²) in [4.78, 5) is 28.9. The maximum atomic E-state index is 14.2. The summed E-state index contributed by atoms with van der Waals surface area (Å²) in [6.07, 6.45) is 0. The summed E-state index contributed by atoms with van der Waals surface area (Å²) in [6.45, 7) is 0. The summed E-state index contributed by atoms with van der Waals surface area (Å²) < 4.78 is 67.0. The van der Waals surface area contributed by atoms with E-state index < -0.39 is 53.0 Å². The molecule has 4 aromatic rings. The quantitative estimate of drug-likeness (QED) is 0.224. The molecule has 0 radical (unpaired) electrons. The highest BCUT2D eigenvalue weighted by Crippen LogP contribution is 2.39. The van der Waals surface area contributed by atoms with E-state index in [4.69, 9.17) is 55.9 Å². The van der Waals surface area contributed by atoms with Crippen LogP contribution in [-0.2, 0) is 19.7 Å². The van der Waals surface area contributed by atoms with Gasteiger partial charge in [0.1, 0.15) is 17.5 Å². The lowest BCUT2D eigenvalue weighted by Gasteiger charge is -2.31. The molecule has 0 spiro atoms. The van der Waals surface area contributed by atoms with Crippen molar-refractivity contribution < 1.29 is 35.9 Å². The molecule has 0 aliphatic carbocycles. The predicted molar refractivity (Wildman–Crippen MR) is 177 cm³/mol. The van der Waals surface area contributed by atoms with Crippen molar-refractivity contribution in [2.75, 3.05) is 35.8 Å². The Balaban J connectivity index is 1.75. The Morgan fingerprint density at radius 1 is 0.630 bits per heavy atom. The number of hydrogen-bond acceptors (Lipinski definition) is 8. The van der Waals surface area contributed by atoms with E-state index in [-0.39, 0.29) is 54.1 Å². The van der Waals surface area contributed by atoms with E-state index in [1.807, 2.05) is 0 Å². The van der Waals surface area contributed by atoms with Crippen LogP contribution in [0.1, 0.15) is 20.7 Å². The monoisotopic (exact) mass is 742 g/mol. The van der Waals surface area contributed by atoms with E-state index in [9.17, 15) is 26.4 Å². The van der Waals surface area contributed by atoms with E-state index in [0.29, 0.717) is 0 Å². The normalized spacial score (nSPS) is 15.3. The second-order valence-electron chi connectivity index (χ2n) is 9.83. The molecule has 0 N–H and O–H groups in total. The first-order valence-electron chi connectivity index (χ1n) is 13.0. The molecule has 0 fully saturated rings. The highest BCUT2D eigenvalue weighted by atomic mass is 35.5. The van der Waals surface area contributed by atoms with E-state index in [1.54, 1.807) is 0 Å². The fraction of sp³-hybridized carbons (Fsp3) is 0.133. The maximum absolute atomic E-state index is 14.2. The van der Waals surface area contributed by atoms with Gasteiger partial charge in [-0.3, -0.25) is 19.4 Å². The lowest BCUT2D eigenvalue weighted by Crippen LogP contribution is -2.41. The van der Waals surface area contributed by atoms with Gasteiger partial charge in [0.05, 0.1) is 61.0 Å². The molecule has 0 saturated heterocycles. The van der Waals surface area contributed by atoms with Crippen molar-refractivity contribution in [2.45, 2.75) is 9.79 Å². The van der Waals surface area contributed by atoms with Crippen LogP contribution < -0.4 is 19.3 Å². The van der Waals surface area contributed by atoms with Crippen molar-refractivity contribution in [3.8, 4) is 11.5 Å². The highest BCUT2D eigenvalue weighted by molar-refractivity contribution is 7.92. The van der Waals surface area contributed by atoms with Gasteiger partial charge in [0, 0.05) is 5.56 Å². The molecule has 0 aromatic heterocycles. The third-order valence-electron chi connectivity index (χ3n) is 6.99. The topological polar surface area (TPSA) is 127 Å². The number of methoxy groups -OCH3 is 2. The molecule has 0 atom stereocenters. The third-order valence-corrected chi connectivity index (χ3v) is 11.4. The molecule has 1 aliphatic rings. The first kappa shape index (κ1) is 33.8. The molecule has 2 amide bonds. The summed E-state index contributed by atoms with van der Waals surface area (Å²) in [5.74, 6) is -3.65. The van der Waals surface area contributed by atoms with Gasteiger partial charge in [-0.15, -0.1) is 0 Å². The van der Waals surface area contributed by atoms with E-state index >= 15 is 0 Å². The fourth-order valence-corrected chi connectivity index (χ4v) is 9.19. The molecule has 1 aliphatic heterocycles. The van der Waals surface area contributed by atoms with Gasteiger partial charge in [0.25, 0.3) is 11.8 Å². The van der Waals surface area contributed by atoms with Gasteiger partial charge in [-0.1, -0.05) is 70.7 Å². The number of benzene rings is 4. The molecule has 0 unspecified atom stereocenters. The summed E-state index contributed by atoms with van der Waals surface area (Å²) in [5.41, 5.74) is -0.946. The number of carbonyl (C=O) groups excluding carboxylic acids is 2. The number of amides is 2. The minimum atomic E-state index is -4.50. The lowest BCUT2D eigenvalue weighted by atomic mass is 10.1. The number of para-hydroxylation sites is 2. The van der Waals surface area contributed by atoms with Crippen molar-refractivity contribution in [1.29, 1.82) is 0 Å². The maximum Gasteiger partial charge on any atom is 0.262 e. The van der Waals surface area contributed by atoms with Crippen molar-refractivity contribution in [2.24, 2.45) is 0 Å². The summed E-state index contributed by atoms with van der Waals surface area (Å²) in [6, 6.07) is 15.7. The molecule has 16 heteroatoms. The zero-order valence-corrected chi connectivity index (χ0v) is 28.5. The van der Waals surface area contributed by atoms with Crippen LogP contribution in [0.15, 0.2) is 82.6 Å². The Bertz CT molecular complexity index is 2080. The predicted octanol–water partition coefficient (Wildman–Crippen LogP) is 6.79. The van der Waals surface area contributed by atoms with Gasteiger partial charge in [-0.05, 0) is 48.5 Å². The first-order chi connectivity index (χ1) is 21.7. The van der Waals surface area contributed by atoms with Crippen LogP contribution in [0.25, 0.3) is 0 Å². The SMILES string of the molecule is COc1cc(Cl)c(C(=O)N2CS(=O)(=O)c3ccccc3N(C(=O)c3cc(Cl)c(OC)c(Cl)c3)CS(=O)(=O)c3ccccc32)c(Cl)c1. The molecule has 0 bridgehead atoms. The average molecular weight is 744 g/mol. The Labute approximate surface area is 284 Å². The minimum Gasteiger partial charge on any atom is -0.497 e. The van der Waals surface area contributed by atoms with Crippen molar-refractivity contribution >= 4 is 89.3 Å². The molecular formula is C30H22Cl4N2O8S2. The number of fused-ring (bicyclic) bond motifs is 2. The number of ether oxygens (including phenoxy) is 2. The number of carbonyl (C=O) groups is 2. The van der Waals surface area contributed by atoms with Crippen LogP contribution in [0.4, 0.5) is 11.4 Å². The van der Waals surface area contributed by atoms with Crippen molar-refractivity contribution in [3.05, 3.63) is 104 Å².